The van der Waals surface area contributed by atoms with E-state index in [0.717, 1.165) is 24.0 Å². The highest BCUT2D eigenvalue weighted by molar-refractivity contribution is 6.35. The fraction of sp³-hybridized carbons (Fsp3) is 0.440. The molecule has 0 aliphatic heterocycles. The van der Waals surface area contributed by atoms with Crippen LogP contribution >= 0.6 is 23.2 Å². The minimum atomic E-state index is -0.647. The maximum atomic E-state index is 13.3. The monoisotopic (exact) mass is 494 g/mol. The molecule has 6 nitrogen and oxygen atoms in total. The van der Waals surface area contributed by atoms with Gasteiger partial charge in [-0.15, -0.1) is 0 Å². The van der Waals surface area contributed by atoms with Crippen molar-refractivity contribution in [2.45, 2.75) is 52.1 Å². The highest BCUT2D eigenvalue weighted by Gasteiger charge is 2.26. The van der Waals surface area contributed by atoms with E-state index < -0.39 is 6.04 Å². The molecule has 0 aromatic heterocycles. The number of amides is 2. The van der Waals surface area contributed by atoms with Gasteiger partial charge in [0, 0.05) is 29.6 Å². The molecular weight excluding hydrogens is 463 g/mol. The fourth-order valence-electron chi connectivity index (χ4n) is 3.38. The summed E-state index contributed by atoms with van der Waals surface area (Å²) >= 11 is 12.4. The summed E-state index contributed by atoms with van der Waals surface area (Å²) in [7, 11) is 3.15. The molecule has 2 rings (SSSR count). The molecule has 0 fully saturated rings. The van der Waals surface area contributed by atoms with E-state index in [-0.39, 0.29) is 24.8 Å². The first-order valence-electron chi connectivity index (χ1n) is 11.0. The molecule has 2 aromatic carbocycles. The quantitative estimate of drug-likeness (QED) is 0.407. The maximum Gasteiger partial charge on any atom is 0.242 e. The lowest BCUT2D eigenvalue weighted by Crippen LogP contribution is -2.47. The summed E-state index contributed by atoms with van der Waals surface area (Å²) in [5.41, 5.74) is 1.67. The smallest absolute Gasteiger partial charge is 0.242 e. The van der Waals surface area contributed by atoms with E-state index in [0.29, 0.717) is 34.5 Å². The second kappa shape index (κ2) is 13.3. The van der Waals surface area contributed by atoms with Gasteiger partial charge in [0.15, 0.2) is 11.5 Å². The standard InChI is InChI=1S/C25H32Cl2N2O4/c1-5-6-13-28-25(31)17(2)29(16-19-9-10-20(26)15-21(19)27)24(30)12-8-18-7-11-22(32-3)23(14-18)33-4/h7,9-11,14-15,17H,5-6,8,12-13,16H2,1-4H3,(H,28,31)/t17-/m1/s1. The first-order valence-corrected chi connectivity index (χ1v) is 11.8. The number of unbranched alkanes of at least 4 members (excludes halogenated alkanes) is 1. The van der Waals surface area contributed by atoms with E-state index >= 15 is 0 Å². The summed E-state index contributed by atoms with van der Waals surface area (Å²) in [6.45, 7) is 4.58. The molecule has 0 heterocycles. The van der Waals surface area contributed by atoms with Gasteiger partial charge in [-0.1, -0.05) is 48.7 Å². The number of carbonyl (C=O) groups is 2. The van der Waals surface area contributed by atoms with Gasteiger partial charge in [-0.2, -0.15) is 0 Å². The number of ether oxygens (including phenoxy) is 2. The number of rotatable bonds is 12. The lowest BCUT2D eigenvalue weighted by Gasteiger charge is -2.29. The zero-order chi connectivity index (χ0) is 24.4. The molecular formula is C25H32Cl2N2O4. The summed E-state index contributed by atoms with van der Waals surface area (Å²) in [6, 6.07) is 10.1. The fourth-order valence-corrected chi connectivity index (χ4v) is 3.85. The van der Waals surface area contributed by atoms with Crippen LogP contribution in [0.2, 0.25) is 10.0 Å². The van der Waals surface area contributed by atoms with Crippen molar-refractivity contribution in [3.05, 3.63) is 57.6 Å². The number of benzene rings is 2. The molecule has 0 saturated carbocycles. The van der Waals surface area contributed by atoms with Crippen molar-refractivity contribution in [1.82, 2.24) is 10.2 Å². The van der Waals surface area contributed by atoms with Crippen LogP contribution in [0.1, 0.15) is 44.2 Å². The Hall–Kier alpha value is -2.44. The van der Waals surface area contributed by atoms with Crippen LogP contribution in [-0.2, 0) is 22.6 Å². The Morgan fingerprint density at radius 2 is 1.79 bits per heavy atom. The number of hydrogen-bond acceptors (Lipinski definition) is 4. The van der Waals surface area contributed by atoms with Crippen molar-refractivity contribution in [1.29, 1.82) is 0 Å². The van der Waals surface area contributed by atoms with Crippen molar-refractivity contribution in [3.63, 3.8) is 0 Å². The Morgan fingerprint density at radius 1 is 1.06 bits per heavy atom. The Morgan fingerprint density at radius 3 is 2.42 bits per heavy atom. The second-order valence-electron chi connectivity index (χ2n) is 7.77. The topological polar surface area (TPSA) is 67.9 Å². The van der Waals surface area contributed by atoms with E-state index in [1.807, 2.05) is 18.2 Å². The number of methoxy groups -OCH3 is 2. The van der Waals surface area contributed by atoms with Crippen LogP contribution in [0, 0.1) is 0 Å². The molecule has 1 N–H and O–H groups in total. The van der Waals surface area contributed by atoms with Crippen LogP contribution in [-0.4, -0.2) is 43.5 Å². The minimum Gasteiger partial charge on any atom is -0.493 e. The van der Waals surface area contributed by atoms with Crippen LogP contribution < -0.4 is 14.8 Å². The summed E-state index contributed by atoms with van der Waals surface area (Å²) in [5.74, 6) is 0.904. The van der Waals surface area contributed by atoms with E-state index in [2.05, 4.69) is 12.2 Å². The zero-order valence-corrected chi connectivity index (χ0v) is 21.1. The highest BCUT2D eigenvalue weighted by atomic mass is 35.5. The molecule has 0 aliphatic carbocycles. The first-order chi connectivity index (χ1) is 15.8. The van der Waals surface area contributed by atoms with E-state index in [1.165, 1.54) is 0 Å². The maximum absolute atomic E-state index is 13.3. The lowest BCUT2D eigenvalue weighted by molar-refractivity contribution is -0.140. The van der Waals surface area contributed by atoms with Crippen molar-refractivity contribution in [3.8, 4) is 11.5 Å². The minimum absolute atomic E-state index is 0.144. The van der Waals surface area contributed by atoms with Gasteiger partial charge in [-0.3, -0.25) is 9.59 Å². The molecule has 0 aliphatic rings. The van der Waals surface area contributed by atoms with Crippen LogP contribution in [0.15, 0.2) is 36.4 Å². The molecule has 8 heteroatoms. The largest absolute Gasteiger partial charge is 0.493 e. The van der Waals surface area contributed by atoms with Gasteiger partial charge in [-0.05, 0) is 55.2 Å². The molecule has 0 bridgehead atoms. The summed E-state index contributed by atoms with van der Waals surface area (Å²) in [5, 5.41) is 3.88. The van der Waals surface area contributed by atoms with Crippen molar-refractivity contribution < 1.29 is 19.1 Å². The highest BCUT2D eigenvalue weighted by Crippen LogP contribution is 2.28. The molecule has 33 heavy (non-hydrogen) atoms. The van der Waals surface area contributed by atoms with Crippen LogP contribution in [0.3, 0.4) is 0 Å². The van der Waals surface area contributed by atoms with Gasteiger partial charge in [0.2, 0.25) is 11.8 Å². The first kappa shape index (κ1) is 26.8. The number of halogens is 2. The van der Waals surface area contributed by atoms with Crippen molar-refractivity contribution in [2.24, 2.45) is 0 Å². The van der Waals surface area contributed by atoms with Crippen LogP contribution in [0.4, 0.5) is 0 Å². The van der Waals surface area contributed by atoms with Crippen LogP contribution in [0.25, 0.3) is 0 Å². The van der Waals surface area contributed by atoms with Gasteiger partial charge in [0.05, 0.1) is 14.2 Å². The van der Waals surface area contributed by atoms with Gasteiger partial charge in [0.1, 0.15) is 6.04 Å². The Kier molecular flexibility index (Phi) is 10.8. The number of nitrogens with zero attached hydrogens (tertiary/aromatic N) is 1. The van der Waals surface area contributed by atoms with E-state index in [9.17, 15) is 9.59 Å². The molecule has 2 amide bonds. The number of hydrogen-bond donors (Lipinski definition) is 1. The van der Waals surface area contributed by atoms with Crippen molar-refractivity contribution >= 4 is 35.0 Å². The number of aryl methyl sites for hydroxylation is 1. The van der Waals surface area contributed by atoms with E-state index in [4.69, 9.17) is 32.7 Å². The predicted molar refractivity (Wildman–Crippen MR) is 132 cm³/mol. The van der Waals surface area contributed by atoms with Crippen molar-refractivity contribution in [2.75, 3.05) is 20.8 Å². The molecule has 0 radical (unpaired) electrons. The Balaban J connectivity index is 2.18. The number of carbonyl (C=O) groups excluding carboxylic acids is 2. The predicted octanol–water partition coefficient (Wildman–Crippen LogP) is 5.28. The number of nitrogens with one attached hydrogen (secondary N) is 1. The molecule has 0 unspecified atom stereocenters. The van der Waals surface area contributed by atoms with E-state index in [1.54, 1.807) is 44.2 Å². The van der Waals surface area contributed by atoms with Gasteiger partial charge >= 0.3 is 0 Å². The normalized spacial score (nSPS) is 11.6. The third-order valence-electron chi connectivity index (χ3n) is 5.43. The average molecular weight is 495 g/mol. The van der Waals surface area contributed by atoms with Crippen LogP contribution in [0.5, 0.6) is 11.5 Å². The summed E-state index contributed by atoms with van der Waals surface area (Å²) in [4.78, 5) is 27.6. The molecule has 1 atom stereocenters. The summed E-state index contributed by atoms with van der Waals surface area (Å²) in [6.07, 6.45) is 2.58. The lowest BCUT2D eigenvalue weighted by atomic mass is 10.1. The molecule has 2 aromatic rings. The summed E-state index contributed by atoms with van der Waals surface area (Å²) < 4.78 is 10.6. The second-order valence-corrected chi connectivity index (χ2v) is 8.61. The van der Waals surface area contributed by atoms with Gasteiger partial charge in [0.25, 0.3) is 0 Å². The molecule has 0 saturated heterocycles. The molecule has 180 valence electrons. The average Bonchev–Trinajstić information content (AvgIpc) is 2.81. The third kappa shape index (κ3) is 7.83. The Labute approximate surface area is 206 Å². The zero-order valence-electron chi connectivity index (χ0n) is 19.6. The van der Waals surface area contributed by atoms with Gasteiger partial charge in [-0.25, -0.2) is 0 Å². The molecule has 0 spiro atoms. The Bertz CT molecular complexity index is 952. The third-order valence-corrected chi connectivity index (χ3v) is 6.02. The SMILES string of the molecule is CCCCNC(=O)[C@@H](C)N(Cc1ccc(Cl)cc1Cl)C(=O)CCc1ccc(OC)c(OC)c1. The van der Waals surface area contributed by atoms with Gasteiger partial charge < -0.3 is 19.7 Å².